The maximum absolute atomic E-state index is 8.92. The predicted molar refractivity (Wildman–Crippen MR) is 87.5 cm³/mol. The summed E-state index contributed by atoms with van der Waals surface area (Å²) in [7, 11) is 0. The number of aliphatic hydroxyl groups is 2. The van der Waals surface area contributed by atoms with Gasteiger partial charge in [-0.2, -0.15) is 0 Å². The van der Waals surface area contributed by atoms with Crippen LogP contribution in [0, 0.1) is 0 Å². The maximum Gasteiger partial charge on any atom is 0.0642 e. The summed E-state index contributed by atoms with van der Waals surface area (Å²) in [4.78, 5) is 0. The molecule has 0 radical (unpaired) electrons. The first-order chi connectivity index (χ1) is 9.49. The van der Waals surface area contributed by atoms with Gasteiger partial charge in [0.25, 0.3) is 0 Å². The minimum Gasteiger partial charge on any atom is -0.392 e. The molecule has 0 rings (SSSR count). The highest BCUT2D eigenvalue weighted by molar-refractivity contribution is 5.29. The smallest absolute Gasteiger partial charge is 0.0642 e. The lowest BCUT2D eigenvalue weighted by molar-refractivity contribution is 0.331. The van der Waals surface area contributed by atoms with Crippen LogP contribution in [0.5, 0.6) is 0 Å². The van der Waals surface area contributed by atoms with Crippen LogP contribution in [0.2, 0.25) is 0 Å². The van der Waals surface area contributed by atoms with Gasteiger partial charge in [0, 0.05) is 0 Å². The zero-order chi connectivity index (χ0) is 15.4. The lowest BCUT2D eigenvalue weighted by Crippen LogP contribution is -1.83. The fourth-order valence-corrected chi connectivity index (χ4v) is 1.37. The summed E-state index contributed by atoms with van der Waals surface area (Å²) in [6, 6.07) is 0. The van der Waals surface area contributed by atoms with Crippen molar-refractivity contribution in [1.82, 2.24) is 0 Å². The molecule has 0 aliphatic carbocycles. The number of hydrogen-bond donors (Lipinski definition) is 2. The highest BCUT2D eigenvalue weighted by atomic mass is 16.3. The first-order valence-electron chi connectivity index (χ1n) is 6.74. The van der Waals surface area contributed by atoms with Crippen LogP contribution in [0.4, 0.5) is 0 Å². The zero-order valence-corrected chi connectivity index (χ0v) is 12.9. The van der Waals surface area contributed by atoms with Crippen LogP contribution in [0.15, 0.2) is 70.9 Å². The third kappa shape index (κ3) is 10.3. The Hall–Kier alpha value is -1.64. The van der Waals surface area contributed by atoms with Crippen molar-refractivity contribution >= 4 is 0 Å². The molecule has 0 spiro atoms. The Bertz CT molecular complexity index is 458. The number of allylic oxidation sites excluding steroid dienone is 10. The molecule has 20 heavy (non-hydrogen) atoms. The molecule has 0 unspecified atom stereocenters. The molecule has 2 nitrogen and oxygen atoms in total. The molecule has 0 aromatic heterocycles. The molecule has 0 fully saturated rings. The minimum atomic E-state index is 0.0951. The summed E-state index contributed by atoms with van der Waals surface area (Å²) in [5, 5.41) is 17.8. The average Bonchev–Trinajstić information content (AvgIpc) is 2.43. The Labute approximate surface area is 122 Å². The van der Waals surface area contributed by atoms with Crippen molar-refractivity contribution in [2.24, 2.45) is 0 Å². The van der Waals surface area contributed by atoms with E-state index in [4.69, 9.17) is 10.2 Å². The Morgan fingerprint density at radius 3 is 1.80 bits per heavy atom. The average molecular weight is 274 g/mol. The summed E-state index contributed by atoms with van der Waals surface area (Å²) in [6.07, 6.45) is 15.8. The molecule has 2 heteroatoms. The van der Waals surface area contributed by atoms with Crippen LogP contribution >= 0.6 is 0 Å². The van der Waals surface area contributed by atoms with Gasteiger partial charge in [-0.15, -0.1) is 0 Å². The molecular weight excluding hydrogens is 248 g/mol. The van der Waals surface area contributed by atoms with Crippen molar-refractivity contribution in [2.45, 2.75) is 27.7 Å². The number of hydrogen-bond acceptors (Lipinski definition) is 2. The molecule has 0 atom stereocenters. The van der Waals surface area contributed by atoms with Gasteiger partial charge >= 0.3 is 0 Å². The Kier molecular flexibility index (Phi) is 10.3. The van der Waals surface area contributed by atoms with Crippen molar-refractivity contribution < 1.29 is 10.2 Å². The molecule has 2 N–H and O–H groups in total. The topological polar surface area (TPSA) is 40.5 Å². The van der Waals surface area contributed by atoms with Crippen molar-refractivity contribution in [3.63, 3.8) is 0 Å². The second kappa shape index (κ2) is 11.2. The Balaban J connectivity index is 4.48. The third-order valence-corrected chi connectivity index (χ3v) is 2.54. The molecule has 0 aliphatic heterocycles. The number of aliphatic hydroxyl groups excluding tert-OH is 2. The van der Waals surface area contributed by atoms with Crippen LogP contribution in [-0.2, 0) is 0 Å². The molecule has 0 amide bonds. The maximum atomic E-state index is 8.92. The number of rotatable bonds is 7. The van der Waals surface area contributed by atoms with Crippen molar-refractivity contribution in [2.75, 3.05) is 13.2 Å². The summed E-state index contributed by atoms with van der Waals surface area (Å²) in [5.41, 5.74) is 4.13. The van der Waals surface area contributed by atoms with Gasteiger partial charge in [-0.05, 0) is 38.8 Å². The van der Waals surface area contributed by atoms with Gasteiger partial charge in [0.15, 0.2) is 0 Å². The highest BCUT2D eigenvalue weighted by Gasteiger charge is 1.85. The molecule has 0 heterocycles. The molecule has 110 valence electrons. The van der Waals surface area contributed by atoms with Crippen molar-refractivity contribution in [3.05, 3.63) is 70.9 Å². The normalized spacial score (nSPS) is 15.7. The van der Waals surface area contributed by atoms with E-state index < -0.39 is 0 Å². The lowest BCUT2D eigenvalue weighted by Gasteiger charge is -1.94. The van der Waals surface area contributed by atoms with Crippen LogP contribution in [0.3, 0.4) is 0 Å². The van der Waals surface area contributed by atoms with Gasteiger partial charge in [-0.3, -0.25) is 0 Å². The monoisotopic (exact) mass is 274 g/mol. The first kappa shape index (κ1) is 18.4. The second-order valence-electron chi connectivity index (χ2n) is 4.89. The van der Waals surface area contributed by atoms with Gasteiger partial charge in [-0.25, -0.2) is 0 Å². The van der Waals surface area contributed by atoms with Gasteiger partial charge < -0.3 is 10.2 Å². The third-order valence-electron chi connectivity index (χ3n) is 2.54. The molecule has 0 bridgehead atoms. The van der Waals surface area contributed by atoms with Crippen LogP contribution in [-0.4, -0.2) is 23.4 Å². The van der Waals surface area contributed by atoms with Crippen molar-refractivity contribution in [1.29, 1.82) is 0 Å². The molecule has 0 aromatic carbocycles. The minimum absolute atomic E-state index is 0.0951. The first-order valence-corrected chi connectivity index (χ1v) is 6.74. The van der Waals surface area contributed by atoms with E-state index in [1.165, 1.54) is 0 Å². The van der Waals surface area contributed by atoms with E-state index in [1.54, 1.807) is 0 Å². The van der Waals surface area contributed by atoms with Gasteiger partial charge in [0.1, 0.15) is 0 Å². The van der Waals surface area contributed by atoms with Crippen molar-refractivity contribution in [3.8, 4) is 0 Å². The Morgan fingerprint density at radius 2 is 1.25 bits per heavy atom. The lowest BCUT2D eigenvalue weighted by atomic mass is 10.2. The van der Waals surface area contributed by atoms with E-state index in [9.17, 15) is 0 Å². The quantitative estimate of drug-likeness (QED) is 0.692. The second-order valence-corrected chi connectivity index (χ2v) is 4.89. The summed E-state index contributed by atoms with van der Waals surface area (Å²) in [6.45, 7) is 8.01. The molecule has 0 aliphatic rings. The SMILES string of the molecule is CC(=C/C=C/C(C)=C/C=C/C=C(C)/C=C(\C)CO)CO. The van der Waals surface area contributed by atoms with Gasteiger partial charge in [0.05, 0.1) is 13.2 Å². The van der Waals surface area contributed by atoms with E-state index in [2.05, 4.69) is 0 Å². The fourth-order valence-electron chi connectivity index (χ4n) is 1.37. The Morgan fingerprint density at radius 1 is 0.700 bits per heavy atom. The van der Waals surface area contributed by atoms with Gasteiger partial charge in [-0.1, -0.05) is 59.8 Å². The van der Waals surface area contributed by atoms with Crippen LogP contribution in [0.1, 0.15) is 27.7 Å². The fraction of sp³-hybridized carbons (Fsp3) is 0.333. The molecular formula is C18H26O2. The highest BCUT2D eigenvalue weighted by Crippen LogP contribution is 2.02. The van der Waals surface area contributed by atoms with Crippen LogP contribution < -0.4 is 0 Å². The molecule has 0 saturated carbocycles. The summed E-state index contributed by atoms with van der Waals surface area (Å²) in [5.74, 6) is 0. The summed E-state index contributed by atoms with van der Waals surface area (Å²) >= 11 is 0. The van der Waals surface area contributed by atoms with E-state index in [0.29, 0.717) is 0 Å². The van der Waals surface area contributed by atoms with Gasteiger partial charge in [0.2, 0.25) is 0 Å². The predicted octanol–water partition coefficient (Wildman–Crippen LogP) is 3.87. The largest absolute Gasteiger partial charge is 0.392 e. The van der Waals surface area contributed by atoms with E-state index >= 15 is 0 Å². The van der Waals surface area contributed by atoms with E-state index in [-0.39, 0.29) is 13.2 Å². The zero-order valence-electron chi connectivity index (χ0n) is 12.9. The van der Waals surface area contributed by atoms with E-state index in [1.807, 2.05) is 76.3 Å². The molecule has 0 saturated heterocycles. The van der Waals surface area contributed by atoms with E-state index in [0.717, 1.165) is 22.3 Å². The van der Waals surface area contributed by atoms with Crippen LogP contribution in [0.25, 0.3) is 0 Å². The standard InChI is InChI=1S/C18H26O2/c1-15(10-7-11-17(3)13-19)8-5-6-9-16(2)12-18(4)14-20/h5-12,19-20H,13-14H2,1-4H3/b6-5+,10-7+,15-8+,16-9+,17-11?,18-12+. The molecule has 0 aromatic rings. The summed E-state index contributed by atoms with van der Waals surface area (Å²) < 4.78 is 0.